The van der Waals surface area contributed by atoms with Crippen LogP contribution in [0.15, 0.2) is 52.3 Å². The second-order valence-corrected chi connectivity index (χ2v) is 6.04. The van der Waals surface area contributed by atoms with Crippen molar-refractivity contribution in [2.24, 2.45) is 0 Å². The number of Topliss-reactive ketones (excluding diaryl/α,β-unsaturated/α-hetero) is 1. The normalized spacial score (nSPS) is 12.2. The molecule has 2 nitrogen and oxygen atoms in total. The minimum absolute atomic E-state index is 0.236. The molecule has 0 aliphatic carbocycles. The maximum Gasteiger partial charge on any atom is 0.162 e. The molecule has 102 valence electrons. The van der Waals surface area contributed by atoms with Crippen molar-refractivity contribution >= 4 is 28.9 Å². The molecule has 0 atom stereocenters. The summed E-state index contributed by atoms with van der Waals surface area (Å²) in [5, 5.41) is 3.42. The lowest BCUT2D eigenvalue weighted by molar-refractivity contribution is 0.0980. The molecule has 0 radical (unpaired) electrons. The van der Waals surface area contributed by atoms with Gasteiger partial charge in [0.05, 0.1) is 11.4 Å². The quantitative estimate of drug-likeness (QED) is 0.661. The van der Waals surface area contributed by atoms with Crippen molar-refractivity contribution in [2.75, 3.05) is 5.32 Å². The van der Waals surface area contributed by atoms with E-state index in [2.05, 4.69) is 24.4 Å². The van der Waals surface area contributed by atoms with Gasteiger partial charge < -0.3 is 5.32 Å². The van der Waals surface area contributed by atoms with E-state index < -0.39 is 0 Å². The highest BCUT2D eigenvalue weighted by Gasteiger charge is 2.16. The minimum atomic E-state index is 0.236. The summed E-state index contributed by atoms with van der Waals surface area (Å²) in [6.45, 7) is 2.11. The van der Waals surface area contributed by atoms with Crippen molar-refractivity contribution in [1.29, 1.82) is 0 Å². The number of para-hydroxylation sites is 1. The monoisotopic (exact) mass is 283 g/mol. The molecule has 1 N–H and O–H groups in total. The first-order chi connectivity index (χ1) is 9.78. The molecule has 0 unspecified atom stereocenters. The maximum absolute atomic E-state index is 12.1. The van der Waals surface area contributed by atoms with E-state index in [0.717, 1.165) is 29.8 Å². The second kappa shape index (κ2) is 5.71. The average Bonchev–Trinajstić information content (AvgIpc) is 2.50. The van der Waals surface area contributed by atoms with E-state index in [1.165, 1.54) is 9.79 Å². The molecule has 1 aliphatic rings. The third-order valence-electron chi connectivity index (χ3n) is 3.44. The van der Waals surface area contributed by atoms with E-state index in [1.54, 1.807) is 11.8 Å². The lowest BCUT2D eigenvalue weighted by Crippen LogP contribution is -2.03. The number of carbonyl (C=O) groups excluding carboxylic acids is 1. The standard InChI is InChI=1S/C17H17NOS/c1-2-3-7-15(19)12-9-10-17-14(11-12)18-13-6-4-5-8-16(13)20-17/h4-6,8-11,18H,2-3,7H2,1H3. The Hall–Kier alpha value is -1.74. The fourth-order valence-corrected chi connectivity index (χ4v) is 3.26. The Morgan fingerprint density at radius 2 is 1.90 bits per heavy atom. The average molecular weight is 283 g/mol. The highest BCUT2D eigenvalue weighted by atomic mass is 32.2. The number of hydrogen-bond acceptors (Lipinski definition) is 3. The summed E-state index contributed by atoms with van der Waals surface area (Å²) in [6.07, 6.45) is 2.65. The van der Waals surface area contributed by atoms with Crippen molar-refractivity contribution in [2.45, 2.75) is 36.0 Å². The predicted octanol–water partition coefficient (Wildman–Crippen LogP) is 5.27. The number of ketones is 1. The highest BCUT2D eigenvalue weighted by Crippen LogP contribution is 2.44. The highest BCUT2D eigenvalue weighted by molar-refractivity contribution is 7.99. The van der Waals surface area contributed by atoms with Crippen LogP contribution in [0, 0.1) is 0 Å². The van der Waals surface area contributed by atoms with E-state index in [4.69, 9.17) is 0 Å². The fourth-order valence-electron chi connectivity index (χ4n) is 2.29. The minimum Gasteiger partial charge on any atom is -0.354 e. The molecule has 2 aromatic rings. The summed E-state index contributed by atoms with van der Waals surface area (Å²) in [7, 11) is 0. The molecule has 1 heterocycles. The Morgan fingerprint density at radius 1 is 1.10 bits per heavy atom. The van der Waals surface area contributed by atoms with E-state index >= 15 is 0 Å². The molecule has 0 spiro atoms. The maximum atomic E-state index is 12.1. The van der Waals surface area contributed by atoms with Crippen LogP contribution in [0.3, 0.4) is 0 Å². The molecule has 2 aromatic carbocycles. The van der Waals surface area contributed by atoms with Crippen molar-refractivity contribution in [3.8, 4) is 0 Å². The number of unbranched alkanes of at least 4 members (excludes halogenated alkanes) is 1. The molecule has 3 rings (SSSR count). The fraction of sp³-hybridized carbons (Fsp3) is 0.235. The number of fused-ring (bicyclic) bond motifs is 2. The molecule has 0 amide bonds. The van der Waals surface area contributed by atoms with Crippen LogP contribution in [0.2, 0.25) is 0 Å². The molecule has 20 heavy (non-hydrogen) atoms. The number of benzene rings is 2. The second-order valence-electron chi connectivity index (χ2n) is 4.96. The van der Waals surface area contributed by atoms with Gasteiger partial charge in [-0.2, -0.15) is 0 Å². The van der Waals surface area contributed by atoms with Crippen molar-refractivity contribution in [1.82, 2.24) is 0 Å². The van der Waals surface area contributed by atoms with E-state index in [-0.39, 0.29) is 5.78 Å². The molecule has 1 aliphatic heterocycles. The molecule has 0 bridgehead atoms. The van der Waals surface area contributed by atoms with Crippen LogP contribution in [0.25, 0.3) is 0 Å². The van der Waals surface area contributed by atoms with Gasteiger partial charge in [-0.3, -0.25) is 4.79 Å². The van der Waals surface area contributed by atoms with E-state index in [9.17, 15) is 4.79 Å². The van der Waals surface area contributed by atoms with Gasteiger partial charge in [0, 0.05) is 21.8 Å². The number of hydrogen-bond donors (Lipinski definition) is 1. The first kappa shape index (κ1) is 13.3. The van der Waals surface area contributed by atoms with Crippen LogP contribution >= 0.6 is 11.8 Å². The van der Waals surface area contributed by atoms with Gasteiger partial charge in [-0.25, -0.2) is 0 Å². The molecular formula is C17H17NOS. The Labute approximate surface area is 123 Å². The van der Waals surface area contributed by atoms with Gasteiger partial charge in [-0.1, -0.05) is 43.3 Å². The largest absolute Gasteiger partial charge is 0.354 e. The van der Waals surface area contributed by atoms with Crippen molar-refractivity contribution < 1.29 is 4.79 Å². The molecule has 0 saturated heterocycles. The van der Waals surface area contributed by atoms with Crippen LogP contribution in [0.1, 0.15) is 36.5 Å². The Morgan fingerprint density at radius 3 is 2.75 bits per heavy atom. The van der Waals surface area contributed by atoms with Gasteiger partial charge in [-0.05, 0) is 30.7 Å². The summed E-state index contributed by atoms with van der Waals surface area (Å²) in [5.41, 5.74) is 2.96. The topological polar surface area (TPSA) is 29.1 Å². The first-order valence-corrected chi connectivity index (χ1v) is 7.80. The number of anilines is 2. The van der Waals surface area contributed by atoms with E-state index in [0.29, 0.717) is 6.42 Å². The van der Waals surface area contributed by atoms with Gasteiger partial charge in [0.15, 0.2) is 5.78 Å². The van der Waals surface area contributed by atoms with Crippen LogP contribution in [-0.4, -0.2) is 5.78 Å². The molecule has 3 heteroatoms. The van der Waals surface area contributed by atoms with Gasteiger partial charge in [0.2, 0.25) is 0 Å². The number of nitrogens with one attached hydrogen (secondary N) is 1. The zero-order valence-corrected chi connectivity index (χ0v) is 12.3. The van der Waals surface area contributed by atoms with E-state index in [1.807, 2.05) is 30.3 Å². The van der Waals surface area contributed by atoms with Crippen LogP contribution < -0.4 is 5.32 Å². The number of rotatable bonds is 4. The Balaban J connectivity index is 1.86. The molecular weight excluding hydrogens is 266 g/mol. The third kappa shape index (κ3) is 2.59. The SMILES string of the molecule is CCCCC(=O)c1ccc2c(c1)Nc1ccccc1S2. The van der Waals surface area contributed by atoms with Crippen LogP contribution in [0.5, 0.6) is 0 Å². The van der Waals surface area contributed by atoms with Gasteiger partial charge in [-0.15, -0.1) is 0 Å². The third-order valence-corrected chi connectivity index (χ3v) is 4.59. The summed E-state index contributed by atoms with van der Waals surface area (Å²) >= 11 is 1.75. The smallest absolute Gasteiger partial charge is 0.162 e. The molecule has 0 fully saturated rings. The summed E-state index contributed by atoms with van der Waals surface area (Å²) < 4.78 is 0. The number of carbonyl (C=O) groups is 1. The molecule has 0 aromatic heterocycles. The predicted molar refractivity (Wildman–Crippen MR) is 84.1 cm³/mol. The van der Waals surface area contributed by atoms with Gasteiger partial charge >= 0.3 is 0 Å². The summed E-state index contributed by atoms with van der Waals surface area (Å²) in [6, 6.07) is 14.2. The lowest BCUT2D eigenvalue weighted by Gasteiger charge is -2.21. The zero-order chi connectivity index (χ0) is 13.9. The van der Waals surface area contributed by atoms with Gasteiger partial charge in [0.1, 0.15) is 0 Å². The van der Waals surface area contributed by atoms with Crippen LogP contribution in [0.4, 0.5) is 11.4 Å². The van der Waals surface area contributed by atoms with Crippen molar-refractivity contribution in [3.63, 3.8) is 0 Å². The van der Waals surface area contributed by atoms with Crippen molar-refractivity contribution in [3.05, 3.63) is 48.0 Å². The Kier molecular flexibility index (Phi) is 3.79. The molecule has 0 saturated carbocycles. The Bertz CT molecular complexity index is 651. The van der Waals surface area contributed by atoms with Crippen LogP contribution in [-0.2, 0) is 0 Å². The lowest BCUT2D eigenvalue weighted by atomic mass is 10.0. The summed E-state index contributed by atoms with van der Waals surface area (Å²) in [4.78, 5) is 14.5. The summed E-state index contributed by atoms with van der Waals surface area (Å²) in [5.74, 6) is 0.236. The zero-order valence-electron chi connectivity index (χ0n) is 11.5. The van der Waals surface area contributed by atoms with Gasteiger partial charge in [0.25, 0.3) is 0 Å². The first-order valence-electron chi connectivity index (χ1n) is 6.99.